The highest BCUT2D eigenvalue weighted by atomic mass is 16.7. The fourth-order valence-corrected chi connectivity index (χ4v) is 3.24. The van der Waals surface area contributed by atoms with E-state index < -0.39 is 73.9 Å². The summed E-state index contributed by atoms with van der Waals surface area (Å²) in [5.74, 6) is 0. The number of hydrogen-bond acceptors (Lipinski definition) is 11. The Bertz CT molecular complexity index is 418. The molecule has 2 aliphatic rings. The van der Waals surface area contributed by atoms with Gasteiger partial charge in [-0.2, -0.15) is 0 Å². The molecule has 2 aliphatic heterocycles. The van der Waals surface area contributed by atoms with Crippen molar-refractivity contribution >= 4 is 0 Å². The molecule has 0 spiro atoms. The number of ether oxygens (including phenoxy) is 3. The maximum Gasteiger partial charge on any atom is 0.186 e. The van der Waals surface area contributed by atoms with Gasteiger partial charge in [0.1, 0.15) is 36.6 Å². The molecular formula is C13H24O11. The molecule has 0 aliphatic carbocycles. The lowest BCUT2D eigenvalue weighted by atomic mass is 9.66. The topological polar surface area (TPSA) is 190 Å². The lowest BCUT2D eigenvalue weighted by Gasteiger charge is -2.57. The lowest BCUT2D eigenvalue weighted by molar-refractivity contribution is -0.391. The molecular weight excluding hydrogens is 332 g/mol. The van der Waals surface area contributed by atoms with Gasteiger partial charge in [-0.3, -0.25) is 0 Å². The van der Waals surface area contributed by atoms with E-state index in [0.717, 1.165) is 7.11 Å². The molecule has 24 heavy (non-hydrogen) atoms. The van der Waals surface area contributed by atoms with E-state index in [1.165, 1.54) is 0 Å². The van der Waals surface area contributed by atoms with E-state index >= 15 is 0 Å². The number of rotatable bonds is 4. The van der Waals surface area contributed by atoms with Gasteiger partial charge in [0.25, 0.3) is 0 Å². The fraction of sp³-hybridized carbons (Fsp3) is 1.00. The van der Waals surface area contributed by atoms with Crippen molar-refractivity contribution in [3.63, 3.8) is 0 Å². The molecule has 11 nitrogen and oxygen atoms in total. The van der Waals surface area contributed by atoms with Gasteiger partial charge in [-0.1, -0.05) is 0 Å². The Balaban J connectivity index is 2.44. The van der Waals surface area contributed by atoms with Gasteiger partial charge < -0.3 is 55.1 Å². The Hall–Kier alpha value is -0.440. The highest BCUT2D eigenvalue weighted by Gasteiger charge is 2.70. The van der Waals surface area contributed by atoms with Crippen molar-refractivity contribution < 1.29 is 55.1 Å². The summed E-state index contributed by atoms with van der Waals surface area (Å²) in [6.45, 7) is -2.28. The van der Waals surface area contributed by atoms with Crippen LogP contribution in [0.1, 0.15) is 0 Å². The molecule has 9 atom stereocenters. The Morgan fingerprint density at radius 3 is 2.04 bits per heavy atom. The maximum absolute atomic E-state index is 10.9. The number of aliphatic hydroxyl groups is 8. The zero-order valence-electron chi connectivity index (χ0n) is 13.0. The Morgan fingerprint density at radius 2 is 1.54 bits per heavy atom. The zero-order chi connectivity index (χ0) is 18.3. The number of hydrogen-bond donors (Lipinski definition) is 8. The second kappa shape index (κ2) is 7.05. The zero-order valence-corrected chi connectivity index (χ0v) is 13.0. The van der Waals surface area contributed by atoms with E-state index in [1.807, 2.05) is 0 Å². The smallest absolute Gasteiger partial charge is 0.186 e. The molecule has 2 heterocycles. The first-order valence-corrected chi connectivity index (χ1v) is 7.37. The first-order chi connectivity index (χ1) is 11.2. The molecule has 2 saturated heterocycles. The third-order valence-electron chi connectivity index (χ3n) is 4.82. The second-order valence-electron chi connectivity index (χ2n) is 6.07. The lowest BCUT2D eigenvalue weighted by Crippen LogP contribution is -2.82. The standard InChI is InChI=1S/C13H24O11/c1-22-11-10(19)13(21,8(17)6(3-15)24-11)12(20)4-23-5(2-14)7(16)9(12)18/h5-11,14-21H,2-4H2,1H3/t5-,6-,7+,8+,9+,10-,11+,12+,13+/m1/s1. The Morgan fingerprint density at radius 1 is 0.958 bits per heavy atom. The fourth-order valence-electron chi connectivity index (χ4n) is 3.24. The van der Waals surface area contributed by atoms with Gasteiger partial charge in [0.05, 0.1) is 19.8 Å². The number of methoxy groups -OCH3 is 1. The molecule has 0 unspecified atom stereocenters. The van der Waals surface area contributed by atoms with E-state index in [0.29, 0.717) is 0 Å². The van der Waals surface area contributed by atoms with Crippen LogP contribution in [-0.4, -0.2) is 122 Å². The van der Waals surface area contributed by atoms with Crippen LogP contribution in [0.4, 0.5) is 0 Å². The van der Waals surface area contributed by atoms with Crippen molar-refractivity contribution in [1.82, 2.24) is 0 Å². The van der Waals surface area contributed by atoms with Crippen LogP contribution in [0.15, 0.2) is 0 Å². The van der Waals surface area contributed by atoms with Crippen molar-refractivity contribution in [2.45, 2.75) is 54.1 Å². The van der Waals surface area contributed by atoms with Crippen LogP contribution in [-0.2, 0) is 14.2 Å². The summed E-state index contributed by atoms with van der Waals surface area (Å²) >= 11 is 0. The van der Waals surface area contributed by atoms with Gasteiger partial charge in [0, 0.05) is 7.11 Å². The summed E-state index contributed by atoms with van der Waals surface area (Å²) in [5.41, 5.74) is -5.62. The van der Waals surface area contributed by atoms with E-state index in [2.05, 4.69) is 0 Å². The summed E-state index contributed by atoms with van der Waals surface area (Å²) in [5, 5.41) is 80.9. The summed E-state index contributed by atoms with van der Waals surface area (Å²) < 4.78 is 14.9. The van der Waals surface area contributed by atoms with Crippen molar-refractivity contribution in [3.05, 3.63) is 0 Å². The molecule has 142 valence electrons. The maximum atomic E-state index is 10.9. The minimum atomic E-state index is -2.87. The van der Waals surface area contributed by atoms with E-state index in [9.17, 15) is 35.7 Å². The monoisotopic (exact) mass is 356 g/mol. The average molecular weight is 356 g/mol. The second-order valence-corrected chi connectivity index (χ2v) is 6.07. The molecule has 0 aromatic carbocycles. The van der Waals surface area contributed by atoms with Crippen LogP contribution in [0, 0.1) is 0 Å². The quantitative estimate of drug-likeness (QED) is 0.240. The molecule has 2 rings (SSSR count). The van der Waals surface area contributed by atoms with Crippen LogP contribution in [0.5, 0.6) is 0 Å². The third kappa shape index (κ3) is 2.66. The van der Waals surface area contributed by atoms with Gasteiger partial charge in [-0.05, 0) is 0 Å². The van der Waals surface area contributed by atoms with Crippen molar-refractivity contribution in [2.75, 3.05) is 26.9 Å². The van der Waals surface area contributed by atoms with Crippen molar-refractivity contribution in [1.29, 1.82) is 0 Å². The summed E-state index contributed by atoms with van der Waals surface area (Å²) in [7, 11) is 1.12. The molecule has 0 radical (unpaired) electrons. The molecule has 0 aromatic rings. The van der Waals surface area contributed by atoms with Crippen LogP contribution in [0.25, 0.3) is 0 Å². The summed E-state index contributed by atoms with van der Waals surface area (Å²) in [6, 6.07) is 0. The number of aliphatic hydroxyl groups excluding tert-OH is 6. The molecule has 0 saturated carbocycles. The van der Waals surface area contributed by atoms with Crippen LogP contribution in [0.2, 0.25) is 0 Å². The van der Waals surface area contributed by atoms with Gasteiger partial charge in [0.2, 0.25) is 0 Å². The molecule has 8 N–H and O–H groups in total. The average Bonchev–Trinajstić information content (AvgIpc) is 2.58. The SMILES string of the molecule is CO[C@H]1O[C@H](CO)[C@H](O)[C@@](O)([C@]2(O)CO[C@H](CO)[C@H](O)[C@@H]2O)[C@@H]1O. The van der Waals surface area contributed by atoms with Gasteiger partial charge in [-0.25, -0.2) is 0 Å². The normalized spacial score (nSPS) is 53.1. The largest absolute Gasteiger partial charge is 0.394 e. The van der Waals surface area contributed by atoms with Crippen LogP contribution < -0.4 is 0 Å². The predicted octanol–water partition coefficient (Wildman–Crippen LogP) is -5.35. The van der Waals surface area contributed by atoms with E-state index in [1.54, 1.807) is 0 Å². The van der Waals surface area contributed by atoms with Crippen molar-refractivity contribution in [3.8, 4) is 0 Å². The molecule has 0 amide bonds. The minimum absolute atomic E-state index is 0.666. The molecule has 11 heteroatoms. The van der Waals surface area contributed by atoms with Gasteiger partial charge >= 0.3 is 0 Å². The Labute approximate surface area is 137 Å². The van der Waals surface area contributed by atoms with Crippen molar-refractivity contribution in [2.24, 2.45) is 0 Å². The Kier molecular flexibility index (Phi) is 5.84. The summed E-state index contributed by atoms with van der Waals surface area (Å²) in [6.07, 6.45) is -12.2. The van der Waals surface area contributed by atoms with Gasteiger partial charge in [0.15, 0.2) is 17.5 Å². The highest BCUT2D eigenvalue weighted by molar-refractivity contribution is 5.18. The van der Waals surface area contributed by atoms with E-state index in [-0.39, 0.29) is 0 Å². The molecule has 2 fully saturated rings. The van der Waals surface area contributed by atoms with Crippen LogP contribution >= 0.6 is 0 Å². The first-order valence-electron chi connectivity index (χ1n) is 7.37. The summed E-state index contributed by atoms with van der Waals surface area (Å²) in [4.78, 5) is 0. The first kappa shape index (κ1) is 19.9. The third-order valence-corrected chi connectivity index (χ3v) is 4.82. The molecule has 0 bridgehead atoms. The minimum Gasteiger partial charge on any atom is -0.394 e. The van der Waals surface area contributed by atoms with Crippen LogP contribution in [0.3, 0.4) is 0 Å². The predicted molar refractivity (Wildman–Crippen MR) is 73.5 cm³/mol. The van der Waals surface area contributed by atoms with Gasteiger partial charge in [-0.15, -0.1) is 0 Å². The molecule has 0 aromatic heterocycles. The highest BCUT2D eigenvalue weighted by Crippen LogP contribution is 2.43. The van der Waals surface area contributed by atoms with E-state index in [4.69, 9.17) is 19.3 Å².